The van der Waals surface area contributed by atoms with E-state index < -0.39 is 13.8 Å². The summed E-state index contributed by atoms with van der Waals surface area (Å²) in [6.07, 6.45) is 4.15. The monoisotopic (exact) mass is 318 g/mol. The predicted octanol–water partition coefficient (Wildman–Crippen LogP) is 3.60. The normalized spacial score (nSPS) is 18.8. The van der Waals surface area contributed by atoms with E-state index in [4.69, 9.17) is 18.3 Å². The molecular weight excluding hydrogens is 295 g/mol. The van der Waals surface area contributed by atoms with Gasteiger partial charge in [-0.25, -0.2) is 9.36 Å². The third kappa shape index (κ3) is 4.99. The number of hydrogen-bond donors (Lipinski definition) is 0. The fourth-order valence-corrected chi connectivity index (χ4v) is 3.16. The Hall–Kier alpha value is -1.10. The number of allylic oxidation sites excluding steroid dienone is 2. The first-order valence-corrected chi connectivity index (χ1v) is 8.60. The van der Waals surface area contributed by atoms with Crippen molar-refractivity contribution < 1.29 is 27.7 Å². The third-order valence-electron chi connectivity index (χ3n) is 2.80. The van der Waals surface area contributed by atoms with Crippen LogP contribution in [0.4, 0.5) is 0 Å². The highest BCUT2D eigenvalue weighted by Gasteiger charge is 2.33. The molecule has 0 amide bonds. The van der Waals surface area contributed by atoms with Crippen LogP contribution >= 0.6 is 7.82 Å². The van der Waals surface area contributed by atoms with Crippen molar-refractivity contribution in [2.24, 2.45) is 5.92 Å². The van der Waals surface area contributed by atoms with Crippen LogP contribution in [0.15, 0.2) is 23.5 Å². The smallest absolute Gasteiger partial charge is 0.463 e. The van der Waals surface area contributed by atoms with Gasteiger partial charge in [0.2, 0.25) is 0 Å². The van der Waals surface area contributed by atoms with Gasteiger partial charge < -0.3 is 9.26 Å². The van der Waals surface area contributed by atoms with Crippen LogP contribution in [0.25, 0.3) is 0 Å². The van der Waals surface area contributed by atoms with Gasteiger partial charge in [-0.3, -0.25) is 9.05 Å². The molecule has 21 heavy (non-hydrogen) atoms. The summed E-state index contributed by atoms with van der Waals surface area (Å²) in [7, 11) is -3.73. The molecule has 1 aliphatic rings. The maximum atomic E-state index is 12.4. The van der Waals surface area contributed by atoms with Crippen molar-refractivity contribution in [1.29, 1.82) is 0 Å². The highest BCUT2D eigenvalue weighted by Crippen LogP contribution is 2.52. The van der Waals surface area contributed by atoms with E-state index in [1.54, 1.807) is 26.8 Å². The van der Waals surface area contributed by atoms with Gasteiger partial charge in [-0.15, -0.1) is 0 Å². The van der Waals surface area contributed by atoms with Gasteiger partial charge in [-0.2, -0.15) is 0 Å². The zero-order valence-electron chi connectivity index (χ0n) is 13.0. The van der Waals surface area contributed by atoms with Crippen molar-refractivity contribution in [2.45, 2.75) is 34.1 Å². The number of hydrogen-bond acceptors (Lipinski definition) is 6. The van der Waals surface area contributed by atoms with E-state index >= 15 is 0 Å². The zero-order valence-corrected chi connectivity index (χ0v) is 13.9. The molecule has 0 aromatic carbocycles. The van der Waals surface area contributed by atoms with Gasteiger partial charge in [-0.1, -0.05) is 13.0 Å². The summed E-state index contributed by atoms with van der Waals surface area (Å²) in [6.45, 7) is 7.61. The number of phosphoric ester groups is 1. The Kier molecular flexibility index (Phi) is 7.15. The Bertz CT molecular complexity index is 458. The lowest BCUT2D eigenvalue weighted by Gasteiger charge is -2.23. The van der Waals surface area contributed by atoms with E-state index in [2.05, 4.69) is 0 Å². The molecule has 1 rings (SSSR count). The quantitative estimate of drug-likeness (QED) is 0.503. The minimum absolute atomic E-state index is 0.0826. The second-order valence-electron chi connectivity index (χ2n) is 4.41. The molecular formula is C14H23O6P. The van der Waals surface area contributed by atoms with Crippen molar-refractivity contribution >= 4 is 13.8 Å². The molecule has 1 aliphatic carbocycles. The van der Waals surface area contributed by atoms with Gasteiger partial charge in [-0.05, 0) is 39.2 Å². The van der Waals surface area contributed by atoms with E-state index in [1.165, 1.54) is 0 Å². The van der Waals surface area contributed by atoms with Gasteiger partial charge in [0, 0.05) is 0 Å². The van der Waals surface area contributed by atoms with Gasteiger partial charge >= 0.3 is 13.8 Å². The van der Waals surface area contributed by atoms with Crippen molar-refractivity contribution in [3.63, 3.8) is 0 Å². The van der Waals surface area contributed by atoms with Crippen LogP contribution in [-0.2, 0) is 27.7 Å². The molecule has 0 spiro atoms. The maximum Gasteiger partial charge on any atom is 0.530 e. The Balaban J connectivity index is 3.08. The molecule has 7 heteroatoms. The lowest BCUT2D eigenvalue weighted by Crippen LogP contribution is -2.19. The zero-order chi connectivity index (χ0) is 15.9. The van der Waals surface area contributed by atoms with Crippen molar-refractivity contribution in [3.05, 3.63) is 23.5 Å². The van der Waals surface area contributed by atoms with Crippen LogP contribution in [0.1, 0.15) is 34.1 Å². The summed E-state index contributed by atoms with van der Waals surface area (Å²) in [5, 5.41) is 0. The second kappa shape index (κ2) is 8.37. The highest BCUT2D eigenvalue weighted by atomic mass is 31.2. The lowest BCUT2D eigenvalue weighted by molar-refractivity contribution is -0.139. The third-order valence-corrected chi connectivity index (χ3v) is 4.37. The van der Waals surface area contributed by atoms with Gasteiger partial charge in [0.1, 0.15) is 5.76 Å². The first-order chi connectivity index (χ1) is 9.97. The predicted molar refractivity (Wildman–Crippen MR) is 78.5 cm³/mol. The summed E-state index contributed by atoms with van der Waals surface area (Å²) in [5.74, 6) is -0.359. The summed E-state index contributed by atoms with van der Waals surface area (Å²) in [4.78, 5) is 12.1. The standard InChI is InChI=1S/C14H23O6P/c1-5-17-14(15)13-11(4)9-8-10-12(13)20-21(16,18-6-2)19-7-3/h8,10-11H,5-7,9H2,1-4H3. The molecule has 0 saturated carbocycles. The lowest BCUT2D eigenvalue weighted by atomic mass is 9.92. The fourth-order valence-electron chi connectivity index (χ4n) is 1.95. The summed E-state index contributed by atoms with van der Waals surface area (Å²) in [6, 6.07) is 0. The van der Waals surface area contributed by atoms with Crippen LogP contribution in [0.5, 0.6) is 0 Å². The molecule has 1 atom stereocenters. The molecule has 1 unspecified atom stereocenters. The van der Waals surface area contributed by atoms with Crippen LogP contribution in [0, 0.1) is 5.92 Å². The molecule has 0 bridgehead atoms. The Morgan fingerprint density at radius 3 is 2.38 bits per heavy atom. The maximum absolute atomic E-state index is 12.4. The van der Waals surface area contributed by atoms with Crippen molar-refractivity contribution in [3.8, 4) is 0 Å². The fraction of sp³-hybridized carbons (Fsp3) is 0.643. The van der Waals surface area contributed by atoms with E-state index in [0.717, 1.165) is 0 Å². The number of ether oxygens (including phenoxy) is 1. The van der Waals surface area contributed by atoms with E-state index in [0.29, 0.717) is 12.0 Å². The molecule has 0 aromatic rings. The number of rotatable bonds is 8. The first kappa shape index (κ1) is 18.0. The molecule has 0 aliphatic heterocycles. The minimum Gasteiger partial charge on any atom is -0.463 e. The van der Waals surface area contributed by atoms with Gasteiger partial charge in [0.05, 0.1) is 25.4 Å². The van der Waals surface area contributed by atoms with Crippen LogP contribution < -0.4 is 0 Å². The highest BCUT2D eigenvalue weighted by molar-refractivity contribution is 7.48. The summed E-state index contributed by atoms with van der Waals surface area (Å²) in [5.41, 5.74) is 0.360. The molecule has 0 fully saturated rings. The van der Waals surface area contributed by atoms with E-state index in [1.807, 2.05) is 13.0 Å². The Morgan fingerprint density at radius 2 is 1.86 bits per heavy atom. The molecule has 6 nitrogen and oxygen atoms in total. The van der Waals surface area contributed by atoms with E-state index in [-0.39, 0.29) is 31.5 Å². The average molecular weight is 318 g/mol. The topological polar surface area (TPSA) is 71.1 Å². The van der Waals surface area contributed by atoms with Crippen LogP contribution in [-0.4, -0.2) is 25.8 Å². The van der Waals surface area contributed by atoms with Gasteiger partial charge in [0.25, 0.3) is 0 Å². The molecule has 0 heterocycles. The van der Waals surface area contributed by atoms with Crippen molar-refractivity contribution in [1.82, 2.24) is 0 Å². The SMILES string of the molecule is CCOC(=O)C1=C(OP(=O)(OCC)OCC)C=CCC1C. The van der Waals surface area contributed by atoms with Crippen LogP contribution in [0.3, 0.4) is 0 Å². The van der Waals surface area contributed by atoms with Crippen LogP contribution in [0.2, 0.25) is 0 Å². The minimum atomic E-state index is -3.73. The molecule has 0 aromatic heterocycles. The average Bonchev–Trinajstić information content (AvgIpc) is 2.39. The Morgan fingerprint density at radius 1 is 1.24 bits per heavy atom. The molecule has 0 N–H and O–H groups in total. The largest absolute Gasteiger partial charge is 0.530 e. The van der Waals surface area contributed by atoms with E-state index in [9.17, 15) is 9.36 Å². The number of carbonyl (C=O) groups excluding carboxylic acids is 1. The van der Waals surface area contributed by atoms with Crippen molar-refractivity contribution in [2.75, 3.05) is 19.8 Å². The number of phosphoric acid groups is 1. The number of esters is 1. The molecule has 0 saturated heterocycles. The molecule has 120 valence electrons. The molecule has 0 radical (unpaired) electrons. The van der Waals surface area contributed by atoms with Gasteiger partial charge in [0.15, 0.2) is 0 Å². The number of carbonyl (C=O) groups is 1. The summed E-state index contributed by atoms with van der Waals surface area (Å²) >= 11 is 0. The first-order valence-electron chi connectivity index (χ1n) is 7.13. The summed E-state index contributed by atoms with van der Waals surface area (Å²) < 4.78 is 33.0. The Labute approximate surface area is 125 Å². The second-order valence-corrected chi connectivity index (χ2v) is 6.00.